The summed E-state index contributed by atoms with van der Waals surface area (Å²) in [6.07, 6.45) is 1.51. The van der Waals surface area contributed by atoms with Crippen LogP contribution in [0.15, 0.2) is 66.9 Å². The fraction of sp³-hybridized carbons (Fsp3) is 0.143. The van der Waals surface area contributed by atoms with Crippen LogP contribution in [0.5, 0.6) is 0 Å². The number of carbonyl (C=O) groups is 1. The smallest absolute Gasteiger partial charge is 0.274 e. The van der Waals surface area contributed by atoms with Gasteiger partial charge in [0.2, 0.25) is 0 Å². The zero-order chi connectivity index (χ0) is 18.5. The number of hydrogen-bond donors (Lipinski definition) is 2. The molecule has 0 aliphatic rings. The maximum atomic E-state index is 13.7. The fourth-order valence-electron chi connectivity index (χ4n) is 2.62. The van der Waals surface area contributed by atoms with Crippen LogP contribution in [-0.4, -0.2) is 10.9 Å². The molecule has 1 heterocycles. The zero-order valence-electron chi connectivity index (χ0n) is 14.7. The number of para-hydroxylation sites is 2. The monoisotopic (exact) mass is 349 g/mol. The number of carbonyl (C=O) groups excluding carboxylic acids is 1. The average Bonchev–Trinajstić information content (AvgIpc) is 2.64. The molecule has 0 saturated carbocycles. The quantitative estimate of drug-likeness (QED) is 0.654. The normalized spacial score (nSPS) is 10.6. The number of halogens is 1. The van der Waals surface area contributed by atoms with E-state index in [9.17, 15) is 9.18 Å². The van der Waals surface area contributed by atoms with Crippen molar-refractivity contribution in [3.8, 4) is 0 Å². The van der Waals surface area contributed by atoms with Crippen molar-refractivity contribution in [3.05, 3.63) is 83.9 Å². The highest BCUT2D eigenvalue weighted by atomic mass is 19.1. The molecule has 0 aliphatic heterocycles. The van der Waals surface area contributed by atoms with E-state index in [0.29, 0.717) is 23.0 Å². The summed E-state index contributed by atoms with van der Waals surface area (Å²) in [7, 11) is 0. The SMILES string of the molecule is CC(C)c1ccccc1NC(=O)c1ccc(Nc2ccccc2F)cn1. The Morgan fingerprint density at radius 1 is 0.962 bits per heavy atom. The van der Waals surface area contributed by atoms with Crippen LogP contribution in [0.3, 0.4) is 0 Å². The minimum absolute atomic E-state index is 0.282. The number of amides is 1. The first-order valence-corrected chi connectivity index (χ1v) is 8.42. The third-order valence-corrected chi connectivity index (χ3v) is 3.98. The molecule has 3 aromatic rings. The van der Waals surface area contributed by atoms with Crippen LogP contribution in [0.1, 0.15) is 35.8 Å². The summed E-state index contributed by atoms with van der Waals surface area (Å²) in [6.45, 7) is 4.15. The number of nitrogens with zero attached hydrogens (tertiary/aromatic N) is 1. The van der Waals surface area contributed by atoms with Gasteiger partial charge < -0.3 is 10.6 Å². The predicted molar refractivity (Wildman–Crippen MR) is 102 cm³/mol. The molecule has 0 bridgehead atoms. The number of aromatic nitrogens is 1. The van der Waals surface area contributed by atoms with Gasteiger partial charge in [-0.25, -0.2) is 9.37 Å². The summed E-state index contributed by atoms with van der Waals surface area (Å²) in [5.41, 5.74) is 3.11. The number of benzene rings is 2. The lowest BCUT2D eigenvalue weighted by Gasteiger charge is -2.13. The second kappa shape index (κ2) is 7.78. The minimum atomic E-state index is -0.348. The number of rotatable bonds is 5. The largest absolute Gasteiger partial charge is 0.352 e. The van der Waals surface area contributed by atoms with E-state index >= 15 is 0 Å². The lowest BCUT2D eigenvalue weighted by atomic mass is 10.0. The summed E-state index contributed by atoms with van der Waals surface area (Å²) in [4.78, 5) is 16.6. The Kier molecular flexibility index (Phi) is 5.27. The van der Waals surface area contributed by atoms with E-state index in [1.807, 2.05) is 24.3 Å². The van der Waals surface area contributed by atoms with Gasteiger partial charge in [0.25, 0.3) is 5.91 Å². The van der Waals surface area contributed by atoms with E-state index in [4.69, 9.17) is 0 Å². The Morgan fingerprint density at radius 2 is 1.65 bits per heavy atom. The Hall–Kier alpha value is -3.21. The Morgan fingerprint density at radius 3 is 2.31 bits per heavy atom. The van der Waals surface area contributed by atoms with Crippen molar-refractivity contribution in [1.29, 1.82) is 0 Å². The summed E-state index contributed by atoms with van der Waals surface area (Å²) in [5, 5.41) is 5.85. The molecule has 132 valence electrons. The molecule has 0 unspecified atom stereocenters. The van der Waals surface area contributed by atoms with E-state index in [2.05, 4.69) is 29.5 Å². The van der Waals surface area contributed by atoms with Gasteiger partial charge >= 0.3 is 0 Å². The first kappa shape index (κ1) is 17.6. The molecule has 3 rings (SSSR count). The number of pyridine rings is 1. The molecule has 0 spiro atoms. The highest BCUT2D eigenvalue weighted by Gasteiger charge is 2.12. The third-order valence-electron chi connectivity index (χ3n) is 3.98. The molecule has 0 saturated heterocycles. The maximum Gasteiger partial charge on any atom is 0.274 e. The molecule has 1 aromatic heterocycles. The predicted octanol–water partition coefficient (Wildman–Crippen LogP) is 5.34. The lowest BCUT2D eigenvalue weighted by molar-refractivity contribution is 0.102. The summed E-state index contributed by atoms with van der Waals surface area (Å²) < 4.78 is 13.7. The van der Waals surface area contributed by atoms with Crippen LogP contribution in [-0.2, 0) is 0 Å². The van der Waals surface area contributed by atoms with E-state index in [1.165, 1.54) is 12.3 Å². The molecule has 2 N–H and O–H groups in total. The zero-order valence-corrected chi connectivity index (χ0v) is 14.7. The first-order valence-electron chi connectivity index (χ1n) is 8.42. The molecule has 26 heavy (non-hydrogen) atoms. The molecule has 4 nitrogen and oxygen atoms in total. The van der Waals surface area contributed by atoms with Crippen LogP contribution in [0.25, 0.3) is 0 Å². The van der Waals surface area contributed by atoms with E-state index in [1.54, 1.807) is 30.3 Å². The standard InChI is InChI=1S/C21H20FN3O/c1-14(2)16-7-3-5-9-18(16)25-21(26)20-12-11-15(13-23-20)24-19-10-6-4-8-17(19)22/h3-14,24H,1-2H3,(H,25,26). The van der Waals surface area contributed by atoms with Gasteiger partial charge in [-0.3, -0.25) is 4.79 Å². The lowest BCUT2D eigenvalue weighted by Crippen LogP contribution is -2.15. The third kappa shape index (κ3) is 4.06. The van der Waals surface area contributed by atoms with Gasteiger partial charge in [0.15, 0.2) is 0 Å². The van der Waals surface area contributed by atoms with Gasteiger partial charge in [0, 0.05) is 5.69 Å². The highest BCUT2D eigenvalue weighted by molar-refractivity contribution is 6.03. The van der Waals surface area contributed by atoms with Crippen LogP contribution < -0.4 is 10.6 Å². The Labute approximate surface area is 152 Å². The van der Waals surface area contributed by atoms with Crippen LogP contribution >= 0.6 is 0 Å². The van der Waals surface area contributed by atoms with E-state index in [-0.39, 0.29) is 11.7 Å². The second-order valence-corrected chi connectivity index (χ2v) is 6.23. The van der Waals surface area contributed by atoms with Crippen LogP contribution in [0.2, 0.25) is 0 Å². The Bertz CT molecular complexity index is 907. The number of nitrogens with one attached hydrogen (secondary N) is 2. The molecule has 0 aliphatic carbocycles. The van der Waals surface area contributed by atoms with E-state index in [0.717, 1.165) is 11.3 Å². The van der Waals surface area contributed by atoms with Gasteiger partial charge in [-0.2, -0.15) is 0 Å². The van der Waals surface area contributed by atoms with Gasteiger partial charge in [-0.15, -0.1) is 0 Å². The fourth-order valence-corrected chi connectivity index (χ4v) is 2.62. The van der Waals surface area contributed by atoms with Gasteiger partial charge in [0.05, 0.1) is 17.6 Å². The maximum absolute atomic E-state index is 13.7. The van der Waals surface area contributed by atoms with Crippen molar-refractivity contribution in [2.45, 2.75) is 19.8 Å². The minimum Gasteiger partial charge on any atom is -0.352 e. The molecule has 1 amide bonds. The van der Waals surface area contributed by atoms with Crippen molar-refractivity contribution in [2.24, 2.45) is 0 Å². The summed E-state index contributed by atoms with van der Waals surface area (Å²) in [5.74, 6) is -0.332. The van der Waals surface area contributed by atoms with Crippen molar-refractivity contribution < 1.29 is 9.18 Å². The van der Waals surface area contributed by atoms with Crippen LogP contribution in [0, 0.1) is 5.82 Å². The highest BCUT2D eigenvalue weighted by Crippen LogP contribution is 2.24. The van der Waals surface area contributed by atoms with Gasteiger partial charge in [-0.05, 0) is 41.8 Å². The number of hydrogen-bond acceptors (Lipinski definition) is 3. The molecule has 0 radical (unpaired) electrons. The molecular formula is C21H20FN3O. The van der Waals surface area contributed by atoms with E-state index < -0.39 is 0 Å². The van der Waals surface area contributed by atoms with Crippen molar-refractivity contribution >= 4 is 23.0 Å². The second-order valence-electron chi connectivity index (χ2n) is 6.23. The number of anilines is 3. The molecule has 2 aromatic carbocycles. The Balaban J connectivity index is 1.73. The summed E-state index contributed by atoms with van der Waals surface area (Å²) in [6, 6.07) is 17.4. The molecular weight excluding hydrogens is 329 g/mol. The first-order chi connectivity index (χ1) is 12.5. The van der Waals surface area contributed by atoms with Gasteiger partial charge in [-0.1, -0.05) is 44.2 Å². The molecule has 5 heteroatoms. The summed E-state index contributed by atoms with van der Waals surface area (Å²) >= 11 is 0. The molecule has 0 fully saturated rings. The van der Waals surface area contributed by atoms with Crippen molar-refractivity contribution in [2.75, 3.05) is 10.6 Å². The molecule has 0 atom stereocenters. The van der Waals surface area contributed by atoms with Gasteiger partial charge in [0.1, 0.15) is 11.5 Å². The van der Waals surface area contributed by atoms with Crippen LogP contribution in [0.4, 0.5) is 21.5 Å². The van der Waals surface area contributed by atoms with Crippen molar-refractivity contribution in [1.82, 2.24) is 4.98 Å². The topological polar surface area (TPSA) is 54.0 Å². The average molecular weight is 349 g/mol. The van der Waals surface area contributed by atoms with Crippen molar-refractivity contribution in [3.63, 3.8) is 0 Å².